The molecule has 0 radical (unpaired) electrons. The highest BCUT2D eigenvalue weighted by molar-refractivity contribution is 8.04. The molecule has 0 aromatic heterocycles. The Morgan fingerprint density at radius 3 is 2.78 bits per heavy atom. The number of methoxy groups -OCH3 is 1. The molecule has 0 bridgehead atoms. The molecule has 122 valence electrons. The number of carbonyl (C=O) groups is 3. The summed E-state index contributed by atoms with van der Waals surface area (Å²) >= 11 is 1.44. The van der Waals surface area contributed by atoms with Crippen molar-refractivity contribution in [2.75, 3.05) is 12.9 Å². The van der Waals surface area contributed by atoms with Gasteiger partial charge in [0.2, 0.25) is 0 Å². The molecule has 0 unspecified atom stereocenters. The highest BCUT2D eigenvalue weighted by Crippen LogP contribution is 2.28. The molecule has 0 aliphatic carbocycles. The zero-order valence-corrected chi connectivity index (χ0v) is 13.7. The SMILES string of the molecule is COC(=O)CCC/C=C1\SC[C@H](NC(=O)c2ccccc2)C1=O. The van der Waals surface area contributed by atoms with Gasteiger partial charge in [-0.25, -0.2) is 0 Å². The Labute approximate surface area is 139 Å². The smallest absolute Gasteiger partial charge is 0.305 e. The molecule has 1 atom stereocenters. The lowest BCUT2D eigenvalue weighted by molar-refractivity contribution is -0.140. The number of hydrogen-bond acceptors (Lipinski definition) is 5. The Morgan fingerprint density at radius 1 is 1.35 bits per heavy atom. The number of ketones is 1. The van der Waals surface area contributed by atoms with Crippen LogP contribution >= 0.6 is 11.8 Å². The van der Waals surface area contributed by atoms with Crippen molar-refractivity contribution >= 4 is 29.4 Å². The van der Waals surface area contributed by atoms with Gasteiger partial charge in [0.1, 0.15) is 6.04 Å². The van der Waals surface area contributed by atoms with E-state index in [2.05, 4.69) is 10.1 Å². The fourth-order valence-corrected chi connectivity index (χ4v) is 3.27. The third kappa shape index (κ3) is 4.96. The number of carbonyl (C=O) groups excluding carboxylic acids is 3. The fraction of sp³-hybridized carbons (Fsp3) is 0.353. The first-order valence-corrected chi connectivity index (χ1v) is 8.40. The minimum absolute atomic E-state index is 0.0580. The Hall–Kier alpha value is -2.08. The van der Waals surface area contributed by atoms with Crippen LogP contribution in [-0.4, -0.2) is 36.6 Å². The van der Waals surface area contributed by atoms with E-state index in [1.165, 1.54) is 18.9 Å². The number of unbranched alkanes of at least 4 members (excludes halogenated alkanes) is 1. The van der Waals surface area contributed by atoms with Crippen molar-refractivity contribution in [3.05, 3.63) is 46.9 Å². The van der Waals surface area contributed by atoms with Gasteiger partial charge in [-0.15, -0.1) is 11.8 Å². The maximum Gasteiger partial charge on any atom is 0.305 e. The summed E-state index contributed by atoms with van der Waals surface area (Å²) in [6.07, 6.45) is 3.46. The molecule has 1 aliphatic heterocycles. The number of ether oxygens (including phenoxy) is 1. The Balaban J connectivity index is 1.84. The molecule has 5 nitrogen and oxygen atoms in total. The molecule has 1 fully saturated rings. The summed E-state index contributed by atoms with van der Waals surface area (Å²) in [6, 6.07) is 8.35. The van der Waals surface area contributed by atoms with Gasteiger partial charge in [-0.3, -0.25) is 14.4 Å². The molecule has 2 rings (SSSR count). The summed E-state index contributed by atoms with van der Waals surface area (Å²) in [5.41, 5.74) is 0.542. The number of Topliss-reactive ketones (excluding diaryl/α,β-unsaturated/α-hetero) is 1. The topological polar surface area (TPSA) is 72.5 Å². The molecule has 0 saturated carbocycles. The number of rotatable bonds is 6. The van der Waals surface area contributed by atoms with Crippen molar-refractivity contribution in [1.82, 2.24) is 5.32 Å². The zero-order chi connectivity index (χ0) is 16.7. The minimum Gasteiger partial charge on any atom is -0.469 e. The van der Waals surface area contributed by atoms with Gasteiger partial charge in [0.15, 0.2) is 5.78 Å². The summed E-state index contributed by atoms with van der Waals surface area (Å²) in [5, 5.41) is 2.77. The average molecular weight is 333 g/mol. The molecule has 1 aliphatic rings. The van der Waals surface area contributed by atoms with Crippen molar-refractivity contribution in [2.24, 2.45) is 0 Å². The van der Waals surface area contributed by atoms with Crippen molar-refractivity contribution in [3.8, 4) is 0 Å². The van der Waals surface area contributed by atoms with Gasteiger partial charge in [-0.05, 0) is 25.0 Å². The van der Waals surface area contributed by atoms with Gasteiger partial charge >= 0.3 is 5.97 Å². The van der Waals surface area contributed by atoms with E-state index in [4.69, 9.17) is 0 Å². The van der Waals surface area contributed by atoms with E-state index < -0.39 is 6.04 Å². The van der Waals surface area contributed by atoms with Crippen LogP contribution in [0.2, 0.25) is 0 Å². The van der Waals surface area contributed by atoms with Crippen molar-refractivity contribution in [3.63, 3.8) is 0 Å². The summed E-state index contributed by atoms with van der Waals surface area (Å²) in [7, 11) is 1.36. The first-order chi connectivity index (χ1) is 11.1. The van der Waals surface area contributed by atoms with Gasteiger partial charge < -0.3 is 10.1 Å². The lowest BCUT2D eigenvalue weighted by Crippen LogP contribution is -2.39. The number of thioether (sulfide) groups is 1. The van der Waals surface area contributed by atoms with Crippen LogP contribution in [0.25, 0.3) is 0 Å². The van der Waals surface area contributed by atoms with Crippen LogP contribution in [0.1, 0.15) is 29.6 Å². The number of nitrogens with one attached hydrogen (secondary N) is 1. The predicted octanol–water partition coefficient (Wildman–Crippen LogP) is 2.33. The molecular formula is C17H19NO4S. The van der Waals surface area contributed by atoms with Gasteiger partial charge in [0.05, 0.1) is 7.11 Å². The van der Waals surface area contributed by atoms with E-state index in [9.17, 15) is 14.4 Å². The maximum atomic E-state index is 12.3. The van der Waals surface area contributed by atoms with Crippen molar-refractivity contribution in [2.45, 2.75) is 25.3 Å². The Kier molecular flexibility index (Phi) is 6.40. The highest BCUT2D eigenvalue weighted by Gasteiger charge is 2.31. The van der Waals surface area contributed by atoms with Gasteiger partial charge in [-0.1, -0.05) is 24.3 Å². The monoisotopic (exact) mass is 333 g/mol. The first kappa shape index (κ1) is 17.3. The molecule has 0 spiro atoms. The van der Waals surface area contributed by atoms with Gasteiger partial charge in [0, 0.05) is 22.6 Å². The molecule has 1 aromatic carbocycles. The normalized spacial score (nSPS) is 18.9. The molecule has 23 heavy (non-hydrogen) atoms. The first-order valence-electron chi connectivity index (χ1n) is 7.41. The second-order valence-corrected chi connectivity index (χ2v) is 6.17. The summed E-state index contributed by atoms with van der Waals surface area (Å²) in [4.78, 5) is 36.0. The standard InChI is InChI=1S/C17H19NO4S/c1-22-15(19)10-6-5-9-14-16(20)13(11-23-14)18-17(21)12-7-3-2-4-8-12/h2-4,7-9,13H,5-6,10-11H2,1H3,(H,18,21)/b14-9-/t13-/m0/s1. The molecule has 1 saturated heterocycles. The lowest BCUT2D eigenvalue weighted by Gasteiger charge is -2.09. The summed E-state index contributed by atoms with van der Waals surface area (Å²) < 4.78 is 4.57. The zero-order valence-electron chi connectivity index (χ0n) is 12.9. The average Bonchev–Trinajstić information content (AvgIpc) is 2.92. The van der Waals surface area contributed by atoms with E-state index in [1.54, 1.807) is 24.3 Å². The predicted molar refractivity (Wildman–Crippen MR) is 89.1 cm³/mol. The van der Waals surface area contributed by atoms with E-state index in [0.29, 0.717) is 35.5 Å². The van der Waals surface area contributed by atoms with Crippen LogP contribution in [0.4, 0.5) is 0 Å². The third-order valence-electron chi connectivity index (χ3n) is 3.45. The molecule has 1 amide bonds. The molecule has 1 N–H and O–H groups in total. The van der Waals surface area contributed by atoms with Crippen LogP contribution in [-0.2, 0) is 14.3 Å². The van der Waals surface area contributed by atoms with E-state index in [0.717, 1.165) is 0 Å². The number of esters is 1. The maximum absolute atomic E-state index is 12.3. The minimum atomic E-state index is -0.487. The molecular weight excluding hydrogens is 314 g/mol. The second-order valence-electron chi connectivity index (χ2n) is 5.10. The Morgan fingerprint density at radius 2 is 2.09 bits per heavy atom. The fourth-order valence-electron chi connectivity index (χ4n) is 2.17. The number of allylic oxidation sites excluding steroid dienone is 1. The number of benzene rings is 1. The summed E-state index contributed by atoms with van der Waals surface area (Å²) in [6.45, 7) is 0. The van der Waals surface area contributed by atoms with E-state index in [1.807, 2.05) is 12.1 Å². The van der Waals surface area contributed by atoms with Crippen molar-refractivity contribution in [1.29, 1.82) is 0 Å². The highest BCUT2D eigenvalue weighted by atomic mass is 32.2. The quantitative estimate of drug-likeness (QED) is 0.491. The van der Waals surface area contributed by atoms with Crippen molar-refractivity contribution < 1.29 is 19.1 Å². The van der Waals surface area contributed by atoms with E-state index in [-0.39, 0.29) is 17.7 Å². The van der Waals surface area contributed by atoms with E-state index >= 15 is 0 Å². The lowest BCUT2D eigenvalue weighted by atomic mass is 10.1. The number of amides is 1. The Bertz CT molecular complexity index is 612. The van der Waals surface area contributed by atoms with Crippen LogP contribution < -0.4 is 5.32 Å². The third-order valence-corrected chi connectivity index (χ3v) is 4.63. The second kappa shape index (κ2) is 8.53. The van der Waals surface area contributed by atoms with Gasteiger partial charge in [-0.2, -0.15) is 0 Å². The van der Waals surface area contributed by atoms with Gasteiger partial charge in [0.25, 0.3) is 5.91 Å². The van der Waals surface area contributed by atoms with Crippen LogP contribution in [0.5, 0.6) is 0 Å². The molecule has 6 heteroatoms. The molecule has 1 aromatic rings. The van der Waals surface area contributed by atoms with Crippen LogP contribution in [0.3, 0.4) is 0 Å². The van der Waals surface area contributed by atoms with Crippen LogP contribution in [0.15, 0.2) is 41.3 Å². The largest absolute Gasteiger partial charge is 0.469 e. The molecule has 1 heterocycles. The van der Waals surface area contributed by atoms with Crippen LogP contribution in [0, 0.1) is 0 Å². The number of hydrogen-bond donors (Lipinski definition) is 1. The summed E-state index contributed by atoms with van der Waals surface area (Å²) in [5.74, 6) is -0.00379.